The predicted molar refractivity (Wildman–Crippen MR) is 104 cm³/mol. The van der Waals surface area contributed by atoms with Gasteiger partial charge in [0.15, 0.2) is 8.32 Å². The van der Waals surface area contributed by atoms with Gasteiger partial charge in [0.25, 0.3) is 0 Å². The quantitative estimate of drug-likeness (QED) is 0.479. The van der Waals surface area contributed by atoms with Gasteiger partial charge in [0, 0.05) is 12.3 Å². The van der Waals surface area contributed by atoms with Gasteiger partial charge in [0.1, 0.15) is 5.75 Å². The summed E-state index contributed by atoms with van der Waals surface area (Å²) in [4.78, 5) is 0. The molecule has 138 valence electrons. The zero-order chi connectivity index (χ0) is 18.6. The minimum Gasteiger partial charge on any atom is -0.462 e. The van der Waals surface area contributed by atoms with E-state index in [0.717, 1.165) is 12.0 Å². The molecule has 0 saturated heterocycles. The molecule has 0 radical (unpaired) electrons. The summed E-state index contributed by atoms with van der Waals surface area (Å²) in [6.07, 6.45) is 1.44. The van der Waals surface area contributed by atoms with E-state index >= 15 is 0 Å². The standard InChI is InChI=1S/C20H36O3Si/c1-9-16(3)20(21,10-2)23-18-13-11-12-17(14-18)15-22-24(7,8)19(4,5)6/h11-14,16,21H,9-10,15H2,1-8H3. The Kier molecular flexibility index (Phi) is 7.09. The lowest BCUT2D eigenvalue weighted by molar-refractivity contribution is -0.176. The van der Waals surface area contributed by atoms with Gasteiger partial charge in [-0.1, -0.05) is 53.7 Å². The van der Waals surface area contributed by atoms with E-state index in [1.807, 2.05) is 38.1 Å². The first-order valence-corrected chi connectivity index (χ1v) is 12.0. The molecule has 2 unspecified atom stereocenters. The van der Waals surface area contributed by atoms with Gasteiger partial charge in [-0.25, -0.2) is 0 Å². The summed E-state index contributed by atoms with van der Waals surface area (Å²) in [6.45, 7) is 17.9. The summed E-state index contributed by atoms with van der Waals surface area (Å²) < 4.78 is 12.2. The molecule has 1 aromatic carbocycles. The van der Waals surface area contributed by atoms with Crippen molar-refractivity contribution in [3.8, 4) is 5.75 Å². The van der Waals surface area contributed by atoms with Crippen molar-refractivity contribution in [1.82, 2.24) is 0 Å². The topological polar surface area (TPSA) is 38.7 Å². The fourth-order valence-electron chi connectivity index (χ4n) is 2.22. The van der Waals surface area contributed by atoms with E-state index in [4.69, 9.17) is 9.16 Å². The summed E-state index contributed by atoms with van der Waals surface area (Å²) in [5.74, 6) is -0.334. The SMILES string of the molecule is CCC(C)C(O)(CC)Oc1cccc(CO[Si](C)(C)C(C)(C)C)c1. The Morgan fingerprint density at radius 1 is 1.17 bits per heavy atom. The first-order valence-electron chi connectivity index (χ1n) is 9.09. The molecular weight excluding hydrogens is 316 g/mol. The van der Waals surface area contributed by atoms with Crippen LogP contribution in [0.1, 0.15) is 59.9 Å². The largest absolute Gasteiger partial charge is 0.462 e. The third-order valence-corrected chi connectivity index (χ3v) is 9.97. The van der Waals surface area contributed by atoms with E-state index in [-0.39, 0.29) is 11.0 Å². The zero-order valence-corrected chi connectivity index (χ0v) is 17.8. The van der Waals surface area contributed by atoms with Gasteiger partial charge < -0.3 is 14.3 Å². The smallest absolute Gasteiger partial charge is 0.210 e. The summed E-state index contributed by atoms with van der Waals surface area (Å²) in [7, 11) is -1.77. The molecular formula is C20H36O3Si. The van der Waals surface area contributed by atoms with Crippen LogP contribution in [-0.4, -0.2) is 19.2 Å². The Hall–Kier alpha value is -0.843. The van der Waals surface area contributed by atoms with Crippen LogP contribution >= 0.6 is 0 Å². The number of benzene rings is 1. The Morgan fingerprint density at radius 2 is 1.79 bits per heavy atom. The third kappa shape index (κ3) is 5.33. The monoisotopic (exact) mass is 352 g/mol. The van der Waals surface area contributed by atoms with Crippen molar-refractivity contribution in [2.24, 2.45) is 5.92 Å². The minimum absolute atomic E-state index is 0.0784. The summed E-state index contributed by atoms with van der Waals surface area (Å²) in [6, 6.07) is 7.90. The molecule has 1 N–H and O–H groups in total. The third-order valence-electron chi connectivity index (χ3n) is 5.49. The first-order chi connectivity index (χ1) is 10.9. The maximum absolute atomic E-state index is 10.8. The zero-order valence-electron chi connectivity index (χ0n) is 16.8. The van der Waals surface area contributed by atoms with Crippen LogP contribution in [0.3, 0.4) is 0 Å². The lowest BCUT2D eigenvalue weighted by atomic mass is 9.95. The molecule has 0 aromatic heterocycles. The number of ether oxygens (including phenoxy) is 1. The molecule has 0 amide bonds. The van der Waals surface area contributed by atoms with Crippen LogP contribution in [0.15, 0.2) is 24.3 Å². The van der Waals surface area contributed by atoms with Gasteiger partial charge >= 0.3 is 0 Å². The highest BCUT2D eigenvalue weighted by molar-refractivity contribution is 6.74. The van der Waals surface area contributed by atoms with Crippen molar-refractivity contribution in [1.29, 1.82) is 0 Å². The van der Waals surface area contributed by atoms with E-state index in [0.29, 0.717) is 18.8 Å². The molecule has 24 heavy (non-hydrogen) atoms. The van der Waals surface area contributed by atoms with Gasteiger partial charge in [0.2, 0.25) is 5.79 Å². The number of hydrogen-bond acceptors (Lipinski definition) is 3. The van der Waals surface area contributed by atoms with Crippen molar-refractivity contribution < 1.29 is 14.3 Å². The lowest BCUT2D eigenvalue weighted by Crippen LogP contribution is -2.41. The van der Waals surface area contributed by atoms with Crippen LogP contribution in [0.25, 0.3) is 0 Å². The second-order valence-electron chi connectivity index (χ2n) is 8.31. The predicted octanol–water partition coefficient (Wildman–Crippen LogP) is 5.73. The number of aliphatic hydroxyl groups is 1. The highest BCUT2D eigenvalue weighted by atomic mass is 28.4. The Balaban J connectivity index is 2.84. The molecule has 0 aliphatic rings. The van der Waals surface area contributed by atoms with Crippen LogP contribution in [0, 0.1) is 5.92 Å². The summed E-state index contributed by atoms with van der Waals surface area (Å²) in [5, 5.41) is 10.9. The molecule has 0 aliphatic carbocycles. The fourth-order valence-corrected chi connectivity index (χ4v) is 3.18. The van der Waals surface area contributed by atoms with Crippen LogP contribution < -0.4 is 4.74 Å². The number of rotatable bonds is 8. The average Bonchev–Trinajstić information content (AvgIpc) is 2.51. The minimum atomic E-state index is -1.77. The molecule has 0 aliphatic heterocycles. The molecule has 4 heteroatoms. The highest BCUT2D eigenvalue weighted by Crippen LogP contribution is 2.37. The van der Waals surface area contributed by atoms with Gasteiger partial charge in [0.05, 0.1) is 6.61 Å². The Bertz CT molecular complexity index is 522. The van der Waals surface area contributed by atoms with Crippen molar-refractivity contribution >= 4 is 8.32 Å². The van der Waals surface area contributed by atoms with E-state index < -0.39 is 14.1 Å². The van der Waals surface area contributed by atoms with Gasteiger partial charge in [-0.3, -0.25) is 0 Å². The van der Waals surface area contributed by atoms with Crippen LogP contribution in [0.5, 0.6) is 5.75 Å². The van der Waals surface area contributed by atoms with Crippen LogP contribution in [0.2, 0.25) is 18.1 Å². The fraction of sp³-hybridized carbons (Fsp3) is 0.700. The molecule has 1 rings (SSSR count). The Morgan fingerprint density at radius 3 is 2.29 bits per heavy atom. The van der Waals surface area contributed by atoms with E-state index in [9.17, 15) is 5.11 Å². The van der Waals surface area contributed by atoms with Crippen molar-refractivity contribution in [2.75, 3.05) is 0 Å². The van der Waals surface area contributed by atoms with Gasteiger partial charge in [-0.2, -0.15) is 0 Å². The van der Waals surface area contributed by atoms with Crippen LogP contribution in [-0.2, 0) is 11.0 Å². The average molecular weight is 353 g/mol. The lowest BCUT2D eigenvalue weighted by Gasteiger charge is -2.36. The molecule has 0 spiro atoms. The van der Waals surface area contributed by atoms with E-state index in [1.165, 1.54) is 0 Å². The molecule has 0 saturated carbocycles. The van der Waals surface area contributed by atoms with Crippen molar-refractivity contribution in [3.63, 3.8) is 0 Å². The maximum Gasteiger partial charge on any atom is 0.210 e. The van der Waals surface area contributed by atoms with Gasteiger partial charge in [-0.15, -0.1) is 0 Å². The second-order valence-corrected chi connectivity index (χ2v) is 13.1. The van der Waals surface area contributed by atoms with E-state index in [1.54, 1.807) is 0 Å². The molecule has 0 fully saturated rings. The highest BCUT2D eigenvalue weighted by Gasteiger charge is 2.37. The van der Waals surface area contributed by atoms with E-state index in [2.05, 4.69) is 40.8 Å². The molecule has 0 bridgehead atoms. The van der Waals surface area contributed by atoms with Gasteiger partial charge in [-0.05, 0) is 42.2 Å². The molecule has 0 heterocycles. The molecule has 3 nitrogen and oxygen atoms in total. The first kappa shape index (κ1) is 21.2. The molecule has 2 atom stereocenters. The van der Waals surface area contributed by atoms with Crippen molar-refractivity contribution in [3.05, 3.63) is 29.8 Å². The number of hydrogen-bond donors (Lipinski definition) is 1. The normalized spacial score (nSPS) is 16.5. The summed E-state index contributed by atoms with van der Waals surface area (Å²) in [5.41, 5.74) is 1.08. The maximum atomic E-state index is 10.8. The van der Waals surface area contributed by atoms with Crippen molar-refractivity contribution in [2.45, 2.75) is 84.9 Å². The second kappa shape index (κ2) is 8.02. The van der Waals surface area contributed by atoms with Crippen LogP contribution in [0.4, 0.5) is 0 Å². The molecule has 1 aromatic rings. The Labute approximate surface area is 149 Å². The summed E-state index contributed by atoms with van der Waals surface area (Å²) >= 11 is 0.